The van der Waals surface area contributed by atoms with Gasteiger partial charge in [-0.2, -0.15) is 4.98 Å². The average molecular weight is 634 g/mol. The molecule has 0 aliphatic carbocycles. The van der Waals surface area contributed by atoms with Crippen LogP contribution in [-0.4, -0.2) is 82.4 Å². The van der Waals surface area contributed by atoms with Crippen LogP contribution in [-0.2, 0) is 18.0 Å². The quantitative estimate of drug-likeness (QED) is 0.291. The van der Waals surface area contributed by atoms with Gasteiger partial charge in [0, 0.05) is 0 Å². The van der Waals surface area contributed by atoms with E-state index >= 15 is 0 Å². The second-order valence-corrected chi connectivity index (χ2v) is 26.7. The lowest BCUT2D eigenvalue weighted by Crippen LogP contribution is -2.48. The first-order valence-electron chi connectivity index (χ1n) is 14.0. The predicted molar refractivity (Wildman–Crippen MR) is 169 cm³/mol. The molecule has 1 aromatic carbocycles. The molecule has 1 aliphatic heterocycles. The summed E-state index contributed by atoms with van der Waals surface area (Å²) in [6.07, 6.45) is -0.459. The number of methoxy groups -OCH3 is 1. The number of anilines is 1. The van der Waals surface area contributed by atoms with Crippen molar-refractivity contribution in [2.75, 3.05) is 19.0 Å². The van der Waals surface area contributed by atoms with E-state index in [4.69, 9.17) is 22.8 Å². The lowest BCUT2D eigenvalue weighted by molar-refractivity contribution is -0.0456. The third-order valence-electron chi connectivity index (χ3n) is 6.24. The van der Waals surface area contributed by atoms with Crippen LogP contribution in [0.2, 0.25) is 58.9 Å². The lowest BCUT2D eigenvalue weighted by Gasteiger charge is -2.34. The van der Waals surface area contributed by atoms with Crippen molar-refractivity contribution >= 4 is 48.0 Å². The summed E-state index contributed by atoms with van der Waals surface area (Å²) in [6, 6.07) is 6.80. The van der Waals surface area contributed by atoms with Crippen LogP contribution in [0.5, 0.6) is 5.75 Å². The van der Waals surface area contributed by atoms with E-state index < -0.39 is 61.0 Å². The largest absolute Gasteiger partial charge is 0.496 e. The van der Waals surface area contributed by atoms with Crippen molar-refractivity contribution in [2.45, 2.75) is 83.5 Å². The normalized spacial score (nSPS) is 21.6. The molecule has 3 heterocycles. The van der Waals surface area contributed by atoms with E-state index in [9.17, 15) is 9.59 Å². The maximum absolute atomic E-state index is 13.1. The van der Waals surface area contributed by atoms with Gasteiger partial charge in [0.25, 0.3) is 11.5 Å². The van der Waals surface area contributed by atoms with E-state index in [1.807, 2.05) is 0 Å². The van der Waals surface area contributed by atoms with Crippen molar-refractivity contribution < 1.29 is 27.5 Å². The van der Waals surface area contributed by atoms with Crippen molar-refractivity contribution in [1.29, 1.82) is 0 Å². The summed E-state index contributed by atoms with van der Waals surface area (Å²) in [5.41, 5.74) is 0.172. The molecule has 1 fully saturated rings. The number of imidazole rings is 1. The molecule has 0 spiro atoms. The van der Waals surface area contributed by atoms with Gasteiger partial charge in [-0.25, -0.2) is 4.98 Å². The number of carbonyl (C=O) groups excluding carboxylic acids is 1. The molecule has 0 radical (unpaired) electrons. The number of amides is 1. The number of hydrogen-bond donors (Lipinski definition) is 2. The topological polar surface area (TPSA) is 139 Å². The number of aromatic amines is 1. The van der Waals surface area contributed by atoms with Crippen molar-refractivity contribution in [3.05, 3.63) is 46.5 Å². The second-order valence-electron chi connectivity index (χ2n) is 13.3. The fourth-order valence-electron chi connectivity index (χ4n) is 4.66. The minimum Gasteiger partial charge on any atom is -0.496 e. The Morgan fingerprint density at radius 3 is 2.26 bits per heavy atom. The minimum absolute atomic E-state index is 0.0284. The van der Waals surface area contributed by atoms with Crippen LogP contribution in [0.15, 0.2) is 35.4 Å². The Labute approximate surface area is 249 Å². The van der Waals surface area contributed by atoms with Gasteiger partial charge in [-0.1, -0.05) is 12.1 Å². The summed E-state index contributed by atoms with van der Waals surface area (Å²) in [5, 5.41) is 2.68. The Balaban J connectivity index is 1.75. The maximum atomic E-state index is 13.1. The zero-order valence-electron chi connectivity index (χ0n) is 26.1. The van der Waals surface area contributed by atoms with Gasteiger partial charge in [0.15, 0.2) is 42.3 Å². The molecule has 230 valence electrons. The summed E-state index contributed by atoms with van der Waals surface area (Å²) in [4.78, 5) is 37.7. The van der Waals surface area contributed by atoms with Gasteiger partial charge in [-0.05, 0) is 71.1 Å². The van der Waals surface area contributed by atoms with Crippen LogP contribution in [0, 0.1) is 0 Å². The molecule has 4 rings (SSSR count). The van der Waals surface area contributed by atoms with Crippen LogP contribution < -0.4 is 15.6 Å². The van der Waals surface area contributed by atoms with Crippen molar-refractivity contribution in [2.24, 2.45) is 0 Å². The fourth-order valence-corrected chi connectivity index (χ4v) is 7.49. The van der Waals surface area contributed by atoms with E-state index in [1.165, 1.54) is 13.4 Å². The molecule has 2 aromatic heterocycles. The molecule has 2 N–H and O–H groups in total. The second kappa shape index (κ2) is 12.1. The van der Waals surface area contributed by atoms with Crippen LogP contribution in [0.1, 0.15) is 16.6 Å². The number of ether oxygens (including phenoxy) is 2. The van der Waals surface area contributed by atoms with Crippen LogP contribution >= 0.6 is 0 Å². The maximum Gasteiger partial charge on any atom is 0.280 e. The molecule has 1 saturated heterocycles. The molecule has 3 aromatic rings. The summed E-state index contributed by atoms with van der Waals surface area (Å²) >= 11 is 0. The number of para-hydroxylation sites is 1. The summed E-state index contributed by atoms with van der Waals surface area (Å²) in [6.45, 7) is 19.5. The zero-order chi connectivity index (χ0) is 31.0. The summed E-state index contributed by atoms with van der Waals surface area (Å²) in [7, 11) is -4.53. The molecule has 0 saturated carbocycles. The molecule has 12 nitrogen and oxygen atoms in total. The lowest BCUT2D eigenvalue weighted by atomic mass is 10.1. The van der Waals surface area contributed by atoms with Gasteiger partial charge >= 0.3 is 0 Å². The number of nitrogens with one attached hydrogen (secondary N) is 2. The third kappa shape index (κ3) is 7.83. The number of nitrogens with zero attached hydrogens (tertiary/aromatic N) is 3. The molecule has 42 heavy (non-hydrogen) atoms. The third-order valence-corrected chi connectivity index (χ3v) is 9.23. The van der Waals surface area contributed by atoms with Gasteiger partial charge in [0.2, 0.25) is 5.95 Å². The number of rotatable bonds is 11. The molecular formula is C27H43N5O7Si3. The Morgan fingerprint density at radius 1 is 1.00 bits per heavy atom. The highest BCUT2D eigenvalue weighted by Crippen LogP contribution is 2.38. The highest BCUT2D eigenvalue weighted by molar-refractivity contribution is 6.70. The van der Waals surface area contributed by atoms with Gasteiger partial charge < -0.3 is 22.8 Å². The minimum atomic E-state index is -2.11. The van der Waals surface area contributed by atoms with E-state index in [0.29, 0.717) is 17.9 Å². The van der Waals surface area contributed by atoms with Gasteiger partial charge in [0.1, 0.15) is 24.1 Å². The SMILES string of the molecule is COc1ccccc1C(=O)Nc1nc2c(ncn2C2OC(CO[Si](C)(C)C)C(O[Si](C)(C)C)C2O[Si](C)(C)C)c(=O)[nH]1. The van der Waals surface area contributed by atoms with Crippen LogP contribution in [0.25, 0.3) is 11.2 Å². The standard InChI is InChI=1S/C27H43N5O7Si3/c1-35-18-14-12-11-13-17(18)24(33)30-27-29-23-20(25(34)31-27)28-16-32(23)26-22(39-42(8,9)10)21(38-41(5,6)7)19(37-26)15-36-40(2,3)4/h11-14,16,19,21-22,26H,15H2,1-10H3,(H2,29,30,31,33,34). The van der Waals surface area contributed by atoms with Gasteiger partial charge in [-0.15, -0.1) is 0 Å². The molecule has 4 atom stereocenters. The van der Waals surface area contributed by atoms with Crippen LogP contribution in [0.4, 0.5) is 5.95 Å². The van der Waals surface area contributed by atoms with Crippen LogP contribution in [0.3, 0.4) is 0 Å². The van der Waals surface area contributed by atoms with Gasteiger partial charge in [0.05, 0.1) is 25.6 Å². The summed E-state index contributed by atoms with van der Waals surface area (Å²) < 4.78 is 33.4. The number of carbonyl (C=O) groups is 1. The Bertz CT molecular complexity index is 1480. The number of benzene rings is 1. The van der Waals surface area contributed by atoms with Gasteiger partial charge in [-0.3, -0.25) is 24.5 Å². The van der Waals surface area contributed by atoms with Crippen molar-refractivity contribution in [3.63, 3.8) is 0 Å². The smallest absolute Gasteiger partial charge is 0.280 e. The average Bonchev–Trinajstić information content (AvgIpc) is 3.42. The van der Waals surface area contributed by atoms with E-state index in [0.717, 1.165) is 0 Å². The number of fused-ring (bicyclic) bond motifs is 1. The number of aromatic nitrogens is 4. The molecule has 4 unspecified atom stereocenters. The monoisotopic (exact) mass is 633 g/mol. The molecular weight excluding hydrogens is 591 g/mol. The number of H-pyrrole nitrogens is 1. The Kier molecular flexibility index (Phi) is 9.32. The van der Waals surface area contributed by atoms with Crippen molar-refractivity contribution in [3.8, 4) is 5.75 Å². The van der Waals surface area contributed by atoms with Crippen molar-refractivity contribution in [1.82, 2.24) is 19.5 Å². The van der Waals surface area contributed by atoms with E-state index in [1.54, 1.807) is 28.8 Å². The first-order chi connectivity index (χ1) is 19.5. The first kappa shape index (κ1) is 32.2. The Hall–Kier alpha value is -2.67. The fraction of sp³-hybridized carbons (Fsp3) is 0.556. The molecule has 1 amide bonds. The first-order valence-corrected chi connectivity index (χ1v) is 24.2. The molecule has 1 aliphatic rings. The number of hydrogen-bond acceptors (Lipinski definition) is 9. The molecule has 15 heteroatoms. The van der Waals surface area contributed by atoms with E-state index in [-0.39, 0.29) is 17.1 Å². The molecule has 0 bridgehead atoms. The van der Waals surface area contributed by atoms with E-state index in [2.05, 4.69) is 79.2 Å². The highest BCUT2D eigenvalue weighted by Gasteiger charge is 2.50. The summed E-state index contributed by atoms with van der Waals surface area (Å²) in [5.74, 6) is -0.112. The predicted octanol–water partition coefficient (Wildman–Crippen LogP) is 4.57. The zero-order valence-corrected chi connectivity index (χ0v) is 29.1. The Morgan fingerprint density at radius 2 is 1.64 bits per heavy atom. The highest BCUT2D eigenvalue weighted by atomic mass is 28.4.